The highest BCUT2D eigenvalue weighted by molar-refractivity contribution is 5.82. The lowest BCUT2D eigenvalue weighted by atomic mass is 10.0. The summed E-state index contributed by atoms with van der Waals surface area (Å²) in [6.45, 7) is 5.23. The Morgan fingerprint density at radius 2 is 1.70 bits per heavy atom. The molecule has 0 radical (unpaired) electrons. The number of hydrogen-bond acceptors (Lipinski definition) is 5. The van der Waals surface area contributed by atoms with Crippen molar-refractivity contribution in [3.63, 3.8) is 0 Å². The standard InChI is InChI=1S/C28H29F3N6/c1-19(20-7-4-3-5-8-20)34-24-18-21(11-12-33-24)25-26(22-9-6-10-23(17-22)28(29,30)31)36(2)27(35-25)37-15-13-32-14-16-37/h3-12,17-19,32H,13-16H2,1-2H3,(H,33,34)/t19-/m1/s1. The molecule has 2 aromatic carbocycles. The Hall–Kier alpha value is -3.85. The Balaban J connectivity index is 1.58. The number of piperazine rings is 1. The van der Waals surface area contributed by atoms with Crippen LogP contribution in [0.5, 0.6) is 0 Å². The second-order valence-corrected chi connectivity index (χ2v) is 9.19. The molecular formula is C28H29F3N6. The van der Waals surface area contributed by atoms with E-state index in [4.69, 9.17) is 4.98 Å². The minimum Gasteiger partial charge on any atom is -0.364 e. The van der Waals surface area contributed by atoms with Gasteiger partial charge in [-0.2, -0.15) is 13.2 Å². The van der Waals surface area contributed by atoms with Gasteiger partial charge in [-0.15, -0.1) is 0 Å². The molecule has 2 aromatic heterocycles. The van der Waals surface area contributed by atoms with Gasteiger partial charge in [-0.1, -0.05) is 42.5 Å². The molecule has 1 aliphatic heterocycles. The SMILES string of the molecule is C[C@@H](Nc1cc(-c2nc(N3CCNCC3)n(C)c2-c2cccc(C(F)(F)F)c2)ccn1)c1ccccc1. The van der Waals surface area contributed by atoms with E-state index in [1.165, 1.54) is 12.1 Å². The molecule has 0 spiro atoms. The molecule has 4 aromatic rings. The molecule has 0 aliphatic carbocycles. The fraction of sp³-hybridized carbons (Fsp3) is 0.286. The van der Waals surface area contributed by atoms with Crippen molar-refractivity contribution in [3.8, 4) is 22.5 Å². The molecule has 1 fully saturated rings. The van der Waals surface area contributed by atoms with Crippen molar-refractivity contribution >= 4 is 11.8 Å². The maximum Gasteiger partial charge on any atom is 0.416 e. The molecule has 0 amide bonds. The Labute approximate surface area is 214 Å². The van der Waals surface area contributed by atoms with Gasteiger partial charge >= 0.3 is 6.18 Å². The van der Waals surface area contributed by atoms with Gasteiger partial charge in [-0.05, 0) is 36.8 Å². The number of benzene rings is 2. The first-order valence-electron chi connectivity index (χ1n) is 12.3. The van der Waals surface area contributed by atoms with Crippen LogP contribution in [0.3, 0.4) is 0 Å². The smallest absolute Gasteiger partial charge is 0.364 e. The first-order chi connectivity index (χ1) is 17.8. The number of nitrogens with one attached hydrogen (secondary N) is 2. The number of hydrogen-bond donors (Lipinski definition) is 2. The van der Waals surface area contributed by atoms with Gasteiger partial charge in [0, 0.05) is 56.6 Å². The molecule has 2 N–H and O–H groups in total. The third-order valence-electron chi connectivity index (χ3n) is 6.63. The number of pyridine rings is 1. The van der Waals surface area contributed by atoms with Crippen LogP contribution in [0.4, 0.5) is 24.9 Å². The number of imidazole rings is 1. The van der Waals surface area contributed by atoms with Crippen LogP contribution in [-0.4, -0.2) is 40.7 Å². The summed E-state index contributed by atoms with van der Waals surface area (Å²) in [6.07, 6.45) is -2.73. The van der Waals surface area contributed by atoms with Gasteiger partial charge in [0.25, 0.3) is 0 Å². The molecule has 3 heterocycles. The fourth-order valence-corrected chi connectivity index (χ4v) is 4.71. The molecule has 0 bridgehead atoms. The molecule has 0 unspecified atom stereocenters. The predicted molar refractivity (Wildman–Crippen MR) is 140 cm³/mol. The molecule has 192 valence electrons. The number of anilines is 2. The highest BCUT2D eigenvalue weighted by atomic mass is 19.4. The van der Waals surface area contributed by atoms with Crippen LogP contribution in [0.1, 0.15) is 24.1 Å². The number of nitrogens with zero attached hydrogens (tertiary/aromatic N) is 4. The van der Waals surface area contributed by atoms with Gasteiger partial charge in [0.05, 0.1) is 17.0 Å². The lowest BCUT2D eigenvalue weighted by molar-refractivity contribution is -0.137. The van der Waals surface area contributed by atoms with Crippen molar-refractivity contribution in [2.45, 2.75) is 19.1 Å². The first kappa shape index (κ1) is 24.8. The summed E-state index contributed by atoms with van der Waals surface area (Å²) in [4.78, 5) is 11.6. The van der Waals surface area contributed by atoms with Gasteiger partial charge in [0.15, 0.2) is 0 Å². The van der Waals surface area contributed by atoms with Gasteiger partial charge < -0.3 is 20.1 Å². The summed E-state index contributed by atoms with van der Waals surface area (Å²) in [5.74, 6) is 1.39. The largest absolute Gasteiger partial charge is 0.416 e. The van der Waals surface area contributed by atoms with E-state index in [2.05, 4.69) is 27.4 Å². The number of alkyl halides is 3. The van der Waals surface area contributed by atoms with Crippen LogP contribution >= 0.6 is 0 Å². The lowest BCUT2D eigenvalue weighted by Crippen LogP contribution is -2.44. The van der Waals surface area contributed by atoms with E-state index in [-0.39, 0.29) is 6.04 Å². The minimum atomic E-state index is -4.43. The zero-order chi connectivity index (χ0) is 26.0. The number of halogens is 3. The maximum absolute atomic E-state index is 13.6. The second-order valence-electron chi connectivity index (χ2n) is 9.19. The number of rotatable bonds is 6. The normalized spacial score (nSPS) is 15.0. The average molecular weight is 507 g/mol. The van der Waals surface area contributed by atoms with Crippen LogP contribution in [0.25, 0.3) is 22.5 Å². The van der Waals surface area contributed by atoms with E-state index in [0.29, 0.717) is 22.8 Å². The van der Waals surface area contributed by atoms with Crippen molar-refractivity contribution in [1.29, 1.82) is 0 Å². The topological polar surface area (TPSA) is 58.0 Å². The van der Waals surface area contributed by atoms with Crippen LogP contribution in [0.15, 0.2) is 72.9 Å². The van der Waals surface area contributed by atoms with Crippen molar-refractivity contribution in [2.75, 3.05) is 36.4 Å². The summed E-state index contributed by atoms with van der Waals surface area (Å²) in [6, 6.07) is 19.3. The van der Waals surface area contributed by atoms with Crippen LogP contribution in [0.2, 0.25) is 0 Å². The molecule has 1 aliphatic rings. The number of aromatic nitrogens is 3. The summed E-state index contributed by atoms with van der Waals surface area (Å²) in [7, 11) is 1.86. The highest BCUT2D eigenvalue weighted by Crippen LogP contribution is 2.38. The summed E-state index contributed by atoms with van der Waals surface area (Å²) in [5.41, 5.74) is 2.93. The predicted octanol–water partition coefficient (Wildman–Crippen LogP) is 5.75. The van der Waals surface area contributed by atoms with Gasteiger partial charge in [0.2, 0.25) is 5.95 Å². The summed E-state index contributed by atoms with van der Waals surface area (Å²) in [5, 5.41) is 6.76. The minimum absolute atomic E-state index is 0.0204. The van der Waals surface area contributed by atoms with Crippen LogP contribution in [0, 0.1) is 0 Å². The van der Waals surface area contributed by atoms with Crippen molar-refractivity contribution < 1.29 is 13.2 Å². The van der Waals surface area contributed by atoms with Gasteiger partial charge in [-0.25, -0.2) is 9.97 Å². The average Bonchev–Trinajstić information content (AvgIpc) is 3.26. The van der Waals surface area contributed by atoms with Gasteiger partial charge in [0.1, 0.15) is 5.82 Å². The van der Waals surface area contributed by atoms with E-state index in [9.17, 15) is 13.2 Å². The molecule has 9 heteroatoms. The Bertz CT molecular complexity index is 1360. The quantitative estimate of drug-likeness (QED) is 0.349. The molecule has 5 rings (SSSR count). The molecule has 6 nitrogen and oxygen atoms in total. The first-order valence-corrected chi connectivity index (χ1v) is 12.3. The molecular weight excluding hydrogens is 477 g/mol. The third-order valence-corrected chi connectivity index (χ3v) is 6.63. The van der Waals surface area contributed by atoms with E-state index in [1.807, 2.05) is 54.1 Å². The lowest BCUT2D eigenvalue weighted by Gasteiger charge is -2.28. The van der Waals surface area contributed by atoms with Crippen molar-refractivity contribution in [3.05, 3.63) is 84.1 Å². The van der Waals surface area contributed by atoms with E-state index >= 15 is 0 Å². The van der Waals surface area contributed by atoms with E-state index < -0.39 is 11.7 Å². The molecule has 37 heavy (non-hydrogen) atoms. The monoisotopic (exact) mass is 506 g/mol. The van der Waals surface area contributed by atoms with Crippen molar-refractivity contribution in [1.82, 2.24) is 19.9 Å². The fourth-order valence-electron chi connectivity index (χ4n) is 4.71. The Morgan fingerprint density at radius 1 is 0.946 bits per heavy atom. The molecule has 1 saturated heterocycles. The zero-order valence-electron chi connectivity index (χ0n) is 20.8. The molecule has 0 saturated carbocycles. The molecule has 1 atom stereocenters. The maximum atomic E-state index is 13.6. The Morgan fingerprint density at radius 3 is 2.43 bits per heavy atom. The van der Waals surface area contributed by atoms with E-state index in [0.717, 1.165) is 49.3 Å². The van der Waals surface area contributed by atoms with Crippen LogP contribution in [-0.2, 0) is 13.2 Å². The summed E-state index contributed by atoms with van der Waals surface area (Å²) < 4.78 is 42.6. The summed E-state index contributed by atoms with van der Waals surface area (Å²) >= 11 is 0. The second kappa shape index (κ2) is 10.3. The van der Waals surface area contributed by atoms with Crippen LogP contribution < -0.4 is 15.5 Å². The zero-order valence-corrected chi connectivity index (χ0v) is 20.8. The highest BCUT2D eigenvalue weighted by Gasteiger charge is 2.31. The Kier molecular flexibility index (Phi) is 6.88. The van der Waals surface area contributed by atoms with Crippen molar-refractivity contribution in [2.24, 2.45) is 7.05 Å². The third kappa shape index (κ3) is 5.32. The van der Waals surface area contributed by atoms with Gasteiger partial charge in [-0.3, -0.25) is 0 Å². The van der Waals surface area contributed by atoms with E-state index in [1.54, 1.807) is 12.3 Å².